The molecule has 0 unspecified atom stereocenters. The molecule has 0 aromatic carbocycles. The van der Waals surface area contributed by atoms with Gasteiger partial charge in [-0.3, -0.25) is 9.59 Å². The summed E-state index contributed by atoms with van der Waals surface area (Å²) in [6, 6.07) is 0. The number of rotatable bonds is 10. The molecule has 0 fully saturated rings. The maximum Gasteiger partial charge on any atom is 3.00 e. The van der Waals surface area contributed by atoms with E-state index in [0.717, 1.165) is 0 Å². The maximum atomic E-state index is 10.3. The number of hydrogen-bond donors (Lipinski definition) is 5. The number of aliphatic hydroxyl groups is 2. The molecule has 0 bridgehead atoms. The molecule has 0 aliphatic carbocycles. The van der Waals surface area contributed by atoms with E-state index < -0.39 is 72.7 Å². The van der Waals surface area contributed by atoms with E-state index in [9.17, 15) is 44.1 Å². The van der Waals surface area contributed by atoms with Crippen LogP contribution in [0.2, 0.25) is 0 Å². The van der Waals surface area contributed by atoms with Crippen LogP contribution in [0.25, 0.3) is 0 Å². The summed E-state index contributed by atoms with van der Waals surface area (Å²) in [5, 5.41) is 72.7. The summed E-state index contributed by atoms with van der Waals surface area (Å²) >= 11 is 0. The van der Waals surface area contributed by atoms with E-state index in [2.05, 4.69) is 0 Å². The Balaban J connectivity index is -0.000000411. The quantitative estimate of drug-likeness (QED) is 0.179. The monoisotopic (exact) mass is 488 g/mol. The molecular weight excluding hydrogens is 476 g/mol. The second-order valence-electron chi connectivity index (χ2n) is 4.89. The largest absolute Gasteiger partial charge is 3.00 e. The minimum Gasteiger partial charge on any atom is -0.550 e. The Morgan fingerprint density at radius 1 is 0.630 bits per heavy atom. The van der Waals surface area contributed by atoms with Crippen LogP contribution in [0.4, 0.5) is 0 Å². The second-order valence-corrected chi connectivity index (χ2v) is 4.89. The van der Waals surface area contributed by atoms with Gasteiger partial charge in [-0.05, 0) is 0 Å². The van der Waals surface area contributed by atoms with Gasteiger partial charge in [0.2, 0.25) is 0 Å². The summed E-state index contributed by atoms with van der Waals surface area (Å²) in [7, 11) is 0. The van der Waals surface area contributed by atoms with Crippen molar-refractivity contribution in [3.63, 3.8) is 0 Å². The van der Waals surface area contributed by atoms with Gasteiger partial charge in [-0.15, -0.1) is 0 Å². The topological polar surface area (TPSA) is 273 Å². The van der Waals surface area contributed by atoms with E-state index in [1.165, 1.54) is 0 Å². The van der Waals surface area contributed by atoms with E-state index in [-0.39, 0.29) is 22.4 Å². The molecule has 27 heavy (non-hydrogen) atoms. The fourth-order valence-corrected chi connectivity index (χ4v) is 1.40. The first kappa shape index (κ1) is 29.3. The predicted molar refractivity (Wildman–Crippen MR) is 66.3 cm³/mol. The van der Waals surface area contributed by atoms with Gasteiger partial charge >= 0.3 is 40.3 Å². The Morgan fingerprint density at radius 3 is 1.07 bits per heavy atom. The Hall–Kier alpha value is -2.52. The molecule has 0 heterocycles. The van der Waals surface area contributed by atoms with Crippen LogP contribution in [0.3, 0.4) is 0 Å². The zero-order valence-corrected chi connectivity index (χ0v) is 14.5. The fraction of sp³-hybridized carbons (Fsp3) is 0.500. The second kappa shape index (κ2) is 12.0. The molecule has 15 heteroatoms. The van der Waals surface area contributed by atoms with Crippen LogP contribution in [0.15, 0.2) is 0 Å². The number of hydrogen-bond acceptors (Lipinski definition) is 11. The molecule has 156 valence electrons. The first-order chi connectivity index (χ1) is 11.6. The first-order valence-electron chi connectivity index (χ1n) is 6.28. The van der Waals surface area contributed by atoms with Crippen molar-refractivity contribution in [3.8, 4) is 0 Å². The van der Waals surface area contributed by atoms with Gasteiger partial charge in [0.25, 0.3) is 0 Å². The van der Waals surface area contributed by atoms with Crippen LogP contribution < -0.4 is 15.3 Å². The van der Waals surface area contributed by atoms with Crippen molar-refractivity contribution < 1.29 is 92.0 Å². The van der Waals surface area contributed by atoms with Crippen LogP contribution in [-0.4, -0.2) is 72.6 Å². The van der Waals surface area contributed by atoms with Crippen molar-refractivity contribution in [1.82, 2.24) is 0 Å². The molecule has 0 spiro atoms. The minimum absolute atomic E-state index is 0. The Morgan fingerprint density at radius 2 is 0.926 bits per heavy atom. The van der Waals surface area contributed by atoms with E-state index in [4.69, 9.17) is 25.5 Å². The standard InChI is InChI=1S/2C6H8O7.Ag/c2*7-3(8)1-6(13,5(11)12)2-4(9)10;/h2*13H,1-2H2,(H,7,8)(H,9,10)(H,11,12);/q;;+3/p-3. The molecule has 0 rings (SSSR count). The van der Waals surface area contributed by atoms with Gasteiger partial charge in [-0.1, -0.05) is 0 Å². The van der Waals surface area contributed by atoms with Gasteiger partial charge in [0.1, 0.15) is 5.60 Å². The molecule has 0 amide bonds. The molecule has 0 aromatic heterocycles. The van der Waals surface area contributed by atoms with Crippen LogP contribution in [0, 0.1) is 0 Å². The molecule has 0 aliphatic rings. The average Bonchev–Trinajstić information content (AvgIpc) is 2.34. The molecule has 14 nitrogen and oxygen atoms in total. The molecule has 0 aliphatic heterocycles. The van der Waals surface area contributed by atoms with Gasteiger partial charge in [-0.2, -0.15) is 0 Å². The van der Waals surface area contributed by atoms with Crippen molar-refractivity contribution in [1.29, 1.82) is 0 Å². The summed E-state index contributed by atoms with van der Waals surface area (Å²) in [6.45, 7) is 0. The van der Waals surface area contributed by atoms with E-state index >= 15 is 0 Å². The van der Waals surface area contributed by atoms with Crippen LogP contribution >= 0.6 is 0 Å². The van der Waals surface area contributed by atoms with Gasteiger partial charge in [0.15, 0.2) is 5.60 Å². The smallest absolute Gasteiger partial charge is 0.550 e. The fourth-order valence-electron chi connectivity index (χ4n) is 1.40. The number of carbonyl (C=O) groups excluding carboxylic acids is 3. The van der Waals surface area contributed by atoms with Crippen LogP contribution in [0.5, 0.6) is 0 Å². The molecule has 0 radical (unpaired) electrons. The molecular formula is C12H13AgO14. The van der Waals surface area contributed by atoms with Gasteiger partial charge in [0, 0.05) is 24.8 Å². The summed E-state index contributed by atoms with van der Waals surface area (Å²) in [5.74, 6) is -11.0. The van der Waals surface area contributed by atoms with E-state index in [1.807, 2.05) is 0 Å². The summed E-state index contributed by atoms with van der Waals surface area (Å²) in [6.07, 6.45) is -5.00. The Kier molecular flexibility index (Phi) is 13.0. The Bertz CT molecular complexity index is 513. The molecule has 0 atom stereocenters. The summed E-state index contributed by atoms with van der Waals surface area (Å²) < 4.78 is 0. The zero-order chi connectivity index (χ0) is 21.3. The molecule has 0 aromatic rings. The van der Waals surface area contributed by atoms with Gasteiger partial charge < -0.3 is 55.2 Å². The third-order valence-electron chi connectivity index (χ3n) is 2.54. The number of carboxylic acids is 6. The number of carbonyl (C=O) groups is 6. The van der Waals surface area contributed by atoms with Gasteiger partial charge in [0.05, 0.1) is 18.8 Å². The van der Waals surface area contributed by atoms with Crippen molar-refractivity contribution in [2.24, 2.45) is 0 Å². The van der Waals surface area contributed by atoms with E-state index in [0.29, 0.717) is 0 Å². The first-order valence-corrected chi connectivity index (χ1v) is 6.28. The van der Waals surface area contributed by atoms with Crippen molar-refractivity contribution in [2.45, 2.75) is 36.9 Å². The summed E-state index contributed by atoms with van der Waals surface area (Å²) in [4.78, 5) is 60.5. The zero-order valence-electron chi connectivity index (χ0n) is 13.0. The minimum atomic E-state index is -2.97. The Labute approximate surface area is 165 Å². The third kappa shape index (κ3) is 12.5. The van der Waals surface area contributed by atoms with Crippen molar-refractivity contribution in [2.75, 3.05) is 0 Å². The molecule has 5 N–H and O–H groups in total. The molecule has 0 saturated carbocycles. The average molecular weight is 489 g/mol. The van der Waals surface area contributed by atoms with Crippen LogP contribution in [-0.2, 0) is 51.1 Å². The van der Waals surface area contributed by atoms with Crippen molar-refractivity contribution in [3.05, 3.63) is 0 Å². The molecule has 0 saturated heterocycles. The van der Waals surface area contributed by atoms with Gasteiger partial charge in [-0.25, -0.2) is 4.79 Å². The normalized spacial score (nSPS) is 10.4. The summed E-state index contributed by atoms with van der Waals surface area (Å²) in [5.41, 5.74) is -5.71. The predicted octanol–water partition coefficient (Wildman–Crippen LogP) is -6.50. The van der Waals surface area contributed by atoms with E-state index in [1.54, 1.807) is 0 Å². The van der Waals surface area contributed by atoms with Crippen LogP contribution in [0.1, 0.15) is 25.7 Å². The van der Waals surface area contributed by atoms with Crippen molar-refractivity contribution >= 4 is 35.8 Å². The third-order valence-corrected chi connectivity index (χ3v) is 2.54. The SMILES string of the molecule is O=C(O)CC(O)(CC(=O)O)C(=O)O.O=C([O-])CC(O)(CC(=O)[O-])C(=O)[O-].[Ag+3]. The number of carboxylic acid groups (broad SMARTS) is 6. The number of aliphatic carboxylic acids is 6. The maximum absolute atomic E-state index is 10.3.